The lowest BCUT2D eigenvalue weighted by molar-refractivity contribution is -0.117. The van der Waals surface area contributed by atoms with E-state index in [1.54, 1.807) is 7.11 Å². The molecule has 8 heteroatoms. The maximum absolute atomic E-state index is 11.4. The molecule has 0 saturated carbocycles. The van der Waals surface area contributed by atoms with Gasteiger partial charge in [0.05, 0.1) is 40.1 Å². The van der Waals surface area contributed by atoms with Crippen molar-refractivity contribution in [3.63, 3.8) is 0 Å². The zero-order chi connectivity index (χ0) is 47.1. The van der Waals surface area contributed by atoms with E-state index < -0.39 is 5.60 Å². The van der Waals surface area contributed by atoms with Gasteiger partial charge in [-0.25, -0.2) is 0 Å². The van der Waals surface area contributed by atoms with E-state index in [0.29, 0.717) is 46.1 Å². The molecule has 68 heavy (non-hydrogen) atoms. The van der Waals surface area contributed by atoms with Crippen molar-refractivity contribution < 1.29 is 33.2 Å². The number of hydrogen-bond acceptors (Lipinski definition) is 8. The molecule has 0 aromatic heterocycles. The summed E-state index contributed by atoms with van der Waals surface area (Å²) in [5.41, 5.74) is 12.7. The van der Waals surface area contributed by atoms with Crippen LogP contribution in [0.2, 0.25) is 0 Å². The van der Waals surface area contributed by atoms with Crippen molar-refractivity contribution in [3.05, 3.63) is 161 Å². The minimum absolute atomic E-state index is 0.141. The predicted octanol–water partition coefficient (Wildman–Crippen LogP) is 13.1. The number of benzene rings is 5. The highest BCUT2D eigenvalue weighted by Gasteiger charge is 2.48. The third-order valence-electron chi connectivity index (χ3n) is 14.4. The summed E-state index contributed by atoms with van der Waals surface area (Å²) in [4.78, 5) is 14.0. The number of methoxy groups -OCH3 is 1. The topological polar surface area (TPSA) is 75.7 Å². The van der Waals surface area contributed by atoms with E-state index >= 15 is 0 Å². The number of Topliss-reactive ketones (excluding diaryl/α,β-unsaturated/α-hetero) is 1. The Kier molecular flexibility index (Phi) is 14.7. The van der Waals surface area contributed by atoms with E-state index in [9.17, 15) is 4.79 Å². The van der Waals surface area contributed by atoms with Crippen LogP contribution in [0.5, 0.6) is 5.75 Å². The van der Waals surface area contributed by atoms with Crippen LogP contribution in [-0.2, 0) is 39.5 Å². The summed E-state index contributed by atoms with van der Waals surface area (Å²) in [6.45, 7) is 14.5. The number of piperidine rings is 1. The molecular formula is C60H67NO7. The molecule has 0 spiro atoms. The van der Waals surface area contributed by atoms with Gasteiger partial charge in [0.15, 0.2) is 11.5 Å². The largest absolute Gasteiger partial charge is 0.496 e. The summed E-state index contributed by atoms with van der Waals surface area (Å²) in [6.07, 6.45) is 14.9. The molecule has 1 saturated heterocycles. The minimum Gasteiger partial charge on any atom is -0.496 e. The quantitative estimate of drug-likeness (QED) is 0.0409. The van der Waals surface area contributed by atoms with Crippen LogP contribution in [0.3, 0.4) is 0 Å². The average molecular weight is 914 g/mol. The number of ether oxygens (including phenoxy) is 6. The van der Waals surface area contributed by atoms with Crippen LogP contribution in [-0.4, -0.2) is 72.2 Å². The summed E-state index contributed by atoms with van der Waals surface area (Å²) in [5, 5.41) is 2.42. The van der Waals surface area contributed by atoms with Crippen LogP contribution in [0.1, 0.15) is 94.4 Å². The summed E-state index contributed by atoms with van der Waals surface area (Å²) in [7, 11) is 1.78. The molecule has 8 nitrogen and oxygen atoms in total. The van der Waals surface area contributed by atoms with Crippen LogP contribution in [0.25, 0.3) is 38.6 Å². The van der Waals surface area contributed by atoms with Crippen LogP contribution in [0, 0.1) is 0 Å². The smallest absolute Gasteiger partial charge is 0.193 e. The molecule has 0 bridgehead atoms. The summed E-state index contributed by atoms with van der Waals surface area (Å²) < 4.78 is 37.5. The van der Waals surface area contributed by atoms with Gasteiger partial charge in [-0.2, -0.15) is 0 Å². The van der Waals surface area contributed by atoms with Gasteiger partial charge in [0.25, 0.3) is 0 Å². The minimum atomic E-state index is -0.797. The molecule has 2 aliphatic carbocycles. The molecular weight excluding hydrogens is 847 g/mol. The number of carbonyl (C=O) groups excluding carboxylic acids is 1. The molecule has 354 valence electrons. The van der Waals surface area contributed by atoms with Crippen molar-refractivity contribution in [3.8, 4) is 28.0 Å². The van der Waals surface area contributed by atoms with Gasteiger partial charge in [-0.1, -0.05) is 106 Å². The molecule has 1 fully saturated rings. The Morgan fingerprint density at radius 3 is 2.18 bits per heavy atom. The Morgan fingerprint density at radius 2 is 1.47 bits per heavy atom. The molecule has 2 aliphatic heterocycles. The summed E-state index contributed by atoms with van der Waals surface area (Å²) in [6, 6.07) is 35.8. The third kappa shape index (κ3) is 9.18. The van der Waals surface area contributed by atoms with Gasteiger partial charge in [0.1, 0.15) is 30.3 Å². The predicted molar refractivity (Wildman–Crippen MR) is 274 cm³/mol. The average Bonchev–Trinajstić information content (AvgIpc) is 3.66. The molecule has 0 N–H and O–H groups in total. The zero-order valence-corrected chi connectivity index (χ0v) is 40.5. The van der Waals surface area contributed by atoms with Gasteiger partial charge >= 0.3 is 0 Å². The van der Waals surface area contributed by atoms with Crippen molar-refractivity contribution in [1.29, 1.82) is 0 Å². The maximum atomic E-state index is 11.4. The second-order valence-corrected chi connectivity index (χ2v) is 18.6. The molecule has 4 aliphatic rings. The van der Waals surface area contributed by atoms with Crippen molar-refractivity contribution in [2.24, 2.45) is 0 Å². The number of allylic oxidation sites excluding steroid dienone is 3. The summed E-state index contributed by atoms with van der Waals surface area (Å²) >= 11 is 0. The SMILES string of the molecule is C=C(OCCOCCOCCOC1(c2ccccc2)C=CC(OC)=C(C2=CCOc3c2c2c(c4cc(N5CCCCC5)ccc34)-c3ccc(-c4ccccc4)cc3C2(CCC)CCC)C1)C(C)=O. The highest BCUT2D eigenvalue weighted by Crippen LogP contribution is 2.62. The fourth-order valence-electron chi connectivity index (χ4n) is 11.3. The lowest BCUT2D eigenvalue weighted by Crippen LogP contribution is -2.33. The zero-order valence-electron chi connectivity index (χ0n) is 40.5. The molecule has 5 aromatic rings. The van der Waals surface area contributed by atoms with E-state index in [1.807, 2.05) is 0 Å². The second-order valence-electron chi connectivity index (χ2n) is 18.6. The first-order valence-corrected chi connectivity index (χ1v) is 24.9. The molecule has 5 aromatic carbocycles. The van der Waals surface area contributed by atoms with Gasteiger partial charge in [-0.05, 0) is 125 Å². The normalized spacial score (nSPS) is 18.1. The van der Waals surface area contributed by atoms with Crippen molar-refractivity contribution in [1.82, 2.24) is 0 Å². The van der Waals surface area contributed by atoms with E-state index in [1.165, 1.54) is 76.2 Å². The van der Waals surface area contributed by atoms with Gasteiger partial charge in [0, 0.05) is 54.1 Å². The molecule has 1 unspecified atom stereocenters. The molecule has 9 rings (SSSR count). The Balaban J connectivity index is 1.13. The fourth-order valence-corrected chi connectivity index (χ4v) is 11.3. The van der Waals surface area contributed by atoms with E-state index in [2.05, 4.69) is 141 Å². The van der Waals surface area contributed by atoms with E-state index in [-0.39, 0.29) is 23.6 Å². The number of ketones is 1. The third-order valence-corrected chi connectivity index (χ3v) is 14.4. The number of fused-ring (bicyclic) bond motifs is 8. The van der Waals surface area contributed by atoms with Crippen molar-refractivity contribution >= 4 is 27.8 Å². The summed E-state index contributed by atoms with van der Waals surface area (Å²) in [5.74, 6) is 1.75. The van der Waals surface area contributed by atoms with Crippen LogP contribution in [0.4, 0.5) is 5.69 Å². The molecule has 0 radical (unpaired) electrons. The van der Waals surface area contributed by atoms with E-state index in [0.717, 1.165) is 72.4 Å². The Morgan fingerprint density at radius 1 is 0.765 bits per heavy atom. The van der Waals surface area contributed by atoms with Gasteiger partial charge < -0.3 is 33.3 Å². The number of carbonyl (C=O) groups is 1. The van der Waals surface area contributed by atoms with Crippen LogP contribution in [0.15, 0.2) is 139 Å². The van der Waals surface area contributed by atoms with Crippen molar-refractivity contribution in [2.45, 2.75) is 83.2 Å². The number of hydrogen-bond donors (Lipinski definition) is 0. The fraction of sp³-hybridized carbons (Fsp3) is 0.383. The molecule has 2 heterocycles. The second kappa shape index (κ2) is 21.2. The Labute approximate surface area is 403 Å². The molecule has 1 atom stereocenters. The van der Waals surface area contributed by atoms with Gasteiger partial charge in [-0.15, -0.1) is 0 Å². The van der Waals surface area contributed by atoms with Gasteiger partial charge in [-0.3, -0.25) is 4.79 Å². The Bertz CT molecular complexity index is 2710. The Hall–Kier alpha value is -5.93. The van der Waals surface area contributed by atoms with Crippen LogP contribution >= 0.6 is 0 Å². The lowest BCUT2D eigenvalue weighted by Gasteiger charge is -2.39. The highest BCUT2D eigenvalue weighted by molar-refractivity contribution is 6.11. The van der Waals surface area contributed by atoms with Crippen LogP contribution < -0.4 is 9.64 Å². The maximum Gasteiger partial charge on any atom is 0.193 e. The first kappa shape index (κ1) is 47.1. The number of rotatable bonds is 21. The number of nitrogens with zero attached hydrogens (tertiary/aromatic N) is 1. The van der Waals surface area contributed by atoms with E-state index in [4.69, 9.17) is 28.4 Å². The molecule has 0 amide bonds. The number of anilines is 1. The lowest BCUT2D eigenvalue weighted by atomic mass is 9.67. The first-order valence-electron chi connectivity index (χ1n) is 24.9. The monoisotopic (exact) mass is 913 g/mol. The first-order chi connectivity index (χ1) is 33.3. The highest BCUT2D eigenvalue weighted by atomic mass is 16.6. The van der Waals surface area contributed by atoms with Gasteiger partial charge in [0.2, 0.25) is 0 Å². The standard InChI is InChI=1S/C60H67NO7/c1-6-27-59(28-7-2)53-39-45(44-17-11-8-12-18-44)21-23-50(53)55-51-40-47(61-30-15-10-16-31-61)22-24-49(51)58-56(57(55)59)48(26-32-67-58)52-41-60(29-25-54(52)63-5,46-19-13-9-14-20-46)68-38-36-65-34-33-64-35-37-66-43(4)42(3)62/h8-9,11-14,17-26,29,39-40H,4,6-7,10,15-16,27-28,30-38,41H2,1-3,5H3. The van der Waals surface area contributed by atoms with Crippen molar-refractivity contribution in [2.75, 3.05) is 71.3 Å².